The third kappa shape index (κ3) is 6.97. The second-order valence-electron chi connectivity index (χ2n) is 3.91. The predicted molar refractivity (Wildman–Crippen MR) is 59.6 cm³/mol. The number of hydrogen-bond acceptors (Lipinski definition) is 2. The normalized spacial score (nSPS) is 13.6. The summed E-state index contributed by atoms with van der Waals surface area (Å²) in [5, 5.41) is 0. The Kier molecular flexibility index (Phi) is 5.44. The minimum Gasteiger partial charge on any atom is -0.372 e. The van der Waals surface area contributed by atoms with Gasteiger partial charge in [0.05, 0.1) is 0 Å². The molecule has 0 aliphatic carbocycles. The fourth-order valence-corrected chi connectivity index (χ4v) is 1.44. The predicted octanol–water partition coefficient (Wildman–Crippen LogP) is 2.53. The molecule has 1 atom stereocenters. The van der Waals surface area contributed by atoms with Crippen LogP contribution < -0.4 is 5.73 Å². The number of hydrogen-bond donors (Lipinski definition) is 1. The quantitative estimate of drug-likeness (QED) is 0.784. The molecule has 0 aliphatic heterocycles. The largest absolute Gasteiger partial charge is 0.411 e. The number of rotatable bonds is 6. The molecule has 2 N–H and O–H groups in total. The molecular formula is C12H16F3NO. The van der Waals surface area contributed by atoms with Gasteiger partial charge in [0.25, 0.3) is 0 Å². The van der Waals surface area contributed by atoms with Gasteiger partial charge in [-0.2, -0.15) is 13.2 Å². The van der Waals surface area contributed by atoms with Gasteiger partial charge in [0.2, 0.25) is 0 Å². The van der Waals surface area contributed by atoms with Gasteiger partial charge in [-0.1, -0.05) is 30.3 Å². The van der Waals surface area contributed by atoms with Crippen molar-refractivity contribution in [3.8, 4) is 0 Å². The Balaban J connectivity index is 2.16. The van der Waals surface area contributed by atoms with Crippen LogP contribution in [0.4, 0.5) is 13.2 Å². The maximum absolute atomic E-state index is 11.8. The van der Waals surface area contributed by atoms with Crippen LogP contribution in [0.25, 0.3) is 0 Å². The molecule has 1 rings (SSSR count). The highest BCUT2D eigenvalue weighted by molar-refractivity contribution is 5.15. The summed E-state index contributed by atoms with van der Waals surface area (Å²) >= 11 is 0. The summed E-state index contributed by atoms with van der Waals surface area (Å²) < 4.78 is 39.8. The number of ether oxygens (including phenoxy) is 1. The number of benzene rings is 1. The lowest BCUT2D eigenvalue weighted by Crippen LogP contribution is -2.26. The maximum atomic E-state index is 11.8. The van der Waals surface area contributed by atoms with Crippen molar-refractivity contribution in [2.24, 2.45) is 5.73 Å². The molecule has 1 aromatic rings. The van der Waals surface area contributed by atoms with Gasteiger partial charge in [-0.3, -0.25) is 0 Å². The van der Waals surface area contributed by atoms with Crippen LogP contribution in [0.3, 0.4) is 0 Å². The van der Waals surface area contributed by atoms with Gasteiger partial charge < -0.3 is 10.5 Å². The molecule has 0 radical (unpaired) electrons. The molecule has 17 heavy (non-hydrogen) atoms. The van der Waals surface area contributed by atoms with Crippen molar-refractivity contribution in [2.45, 2.75) is 25.1 Å². The van der Waals surface area contributed by atoms with E-state index < -0.39 is 12.8 Å². The van der Waals surface area contributed by atoms with Crippen LogP contribution in [0.15, 0.2) is 30.3 Å². The molecule has 0 saturated carbocycles. The first-order valence-electron chi connectivity index (χ1n) is 5.41. The van der Waals surface area contributed by atoms with Crippen LogP contribution in [0.1, 0.15) is 12.0 Å². The monoisotopic (exact) mass is 247 g/mol. The van der Waals surface area contributed by atoms with E-state index in [1.165, 1.54) is 0 Å². The Bertz CT molecular complexity index is 313. The average molecular weight is 247 g/mol. The zero-order valence-corrected chi connectivity index (χ0v) is 9.41. The van der Waals surface area contributed by atoms with E-state index in [2.05, 4.69) is 4.74 Å². The summed E-state index contributed by atoms with van der Waals surface area (Å²) in [4.78, 5) is 0. The topological polar surface area (TPSA) is 35.2 Å². The molecule has 1 unspecified atom stereocenters. The smallest absolute Gasteiger partial charge is 0.372 e. The van der Waals surface area contributed by atoms with Crippen molar-refractivity contribution < 1.29 is 17.9 Å². The van der Waals surface area contributed by atoms with Crippen LogP contribution in [0, 0.1) is 0 Å². The molecule has 0 amide bonds. The Morgan fingerprint density at radius 2 is 1.82 bits per heavy atom. The first kappa shape index (κ1) is 14.0. The first-order valence-corrected chi connectivity index (χ1v) is 5.41. The third-order valence-electron chi connectivity index (χ3n) is 2.24. The van der Waals surface area contributed by atoms with Crippen molar-refractivity contribution in [1.82, 2.24) is 0 Å². The minimum absolute atomic E-state index is 0.0352. The van der Waals surface area contributed by atoms with Gasteiger partial charge in [-0.25, -0.2) is 0 Å². The van der Waals surface area contributed by atoms with Crippen molar-refractivity contribution >= 4 is 0 Å². The van der Waals surface area contributed by atoms with Crippen LogP contribution in [0.5, 0.6) is 0 Å². The molecule has 0 aromatic heterocycles. The molecule has 0 heterocycles. The van der Waals surface area contributed by atoms with Crippen molar-refractivity contribution in [3.63, 3.8) is 0 Å². The zero-order chi connectivity index (χ0) is 12.7. The molecule has 96 valence electrons. The van der Waals surface area contributed by atoms with E-state index in [1.54, 1.807) is 0 Å². The summed E-state index contributed by atoms with van der Waals surface area (Å²) in [6, 6.07) is 9.42. The molecule has 0 aliphatic rings. The fourth-order valence-electron chi connectivity index (χ4n) is 1.44. The lowest BCUT2D eigenvalue weighted by atomic mass is 10.0. The highest BCUT2D eigenvalue weighted by atomic mass is 19.4. The van der Waals surface area contributed by atoms with Crippen molar-refractivity contribution in [2.75, 3.05) is 13.2 Å². The maximum Gasteiger partial charge on any atom is 0.411 e. The van der Waals surface area contributed by atoms with Gasteiger partial charge in [0, 0.05) is 12.6 Å². The summed E-state index contributed by atoms with van der Waals surface area (Å²) in [6.45, 7) is -1.17. The SMILES string of the molecule is NC(CCOCC(F)(F)F)Cc1ccccc1. The lowest BCUT2D eigenvalue weighted by molar-refractivity contribution is -0.174. The molecule has 5 heteroatoms. The van der Waals surface area contributed by atoms with Gasteiger partial charge in [-0.05, 0) is 18.4 Å². The van der Waals surface area contributed by atoms with E-state index in [9.17, 15) is 13.2 Å². The molecule has 0 fully saturated rings. The van der Waals surface area contributed by atoms with E-state index in [0.29, 0.717) is 12.8 Å². The van der Waals surface area contributed by atoms with E-state index in [0.717, 1.165) is 5.56 Å². The Labute approximate surface area is 98.6 Å². The lowest BCUT2D eigenvalue weighted by Gasteiger charge is -2.12. The van der Waals surface area contributed by atoms with Crippen LogP contribution in [-0.4, -0.2) is 25.4 Å². The number of halogens is 3. The molecule has 0 spiro atoms. The third-order valence-corrected chi connectivity index (χ3v) is 2.24. The molecule has 0 saturated heterocycles. The molecule has 0 bridgehead atoms. The van der Waals surface area contributed by atoms with E-state index in [-0.39, 0.29) is 12.6 Å². The second-order valence-corrected chi connectivity index (χ2v) is 3.91. The van der Waals surface area contributed by atoms with Gasteiger partial charge in [0.15, 0.2) is 0 Å². The van der Waals surface area contributed by atoms with Gasteiger partial charge >= 0.3 is 6.18 Å². The van der Waals surface area contributed by atoms with Crippen LogP contribution >= 0.6 is 0 Å². The number of alkyl halides is 3. The summed E-state index contributed by atoms with van der Waals surface area (Å²) in [5.41, 5.74) is 6.87. The van der Waals surface area contributed by atoms with Crippen LogP contribution in [-0.2, 0) is 11.2 Å². The fraction of sp³-hybridized carbons (Fsp3) is 0.500. The van der Waals surface area contributed by atoms with E-state index in [4.69, 9.17) is 5.73 Å². The first-order chi connectivity index (χ1) is 7.97. The van der Waals surface area contributed by atoms with Crippen LogP contribution in [0.2, 0.25) is 0 Å². The van der Waals surface area contributed by atoms with Crippen molar-refractivity contribution in [3.05, 3.63) is 35.9 Å². The second kappa shape index (κ2) is 6.61. The Hall–Kier alpha value is -1.07. The van der Waals surface area contributed by atoms with Gasteiger partial charge in [0.1, 0.15) is 6.61 Å². The summed E-state index contributed by atoms with van der Waals surface area (Å²) in [5.74, 6) is 0. The zero-order valence-electron chi connectivity index (χ0n) is 9.41. The van der Waals surface area contributed by atoms with Crippen molar-refractivity contribution in [1.29, 1.82) is 0 Å². The molecule has 2 nitrogen and oxygen atoms in total. The Morgan fingerprint density at radius 1 is 1.18 bits per heavy atom. The average Bonchev–Trinajstić information content (AvgIpc) is 2.25. The van der Waals surface area contributed by atoms with E-state index in [1.807, 2.05) is 30.3 Å². The van der Waals surface area contributed by atoms with Gasteiger partial charge in [-0.15, -0.1) is 0 Å². The highest BCUT2D eigenvalue weighted by Crippen LogP contribution is 2.14. The minimum atomic E-state index is -4.26. The summed E-state index contributed by atoms with van der Waals surface area (Å²) in [7, 11) is 0. The Morgan fingerprint density at radius 3 is 2.41 bits per heavy atom. The molecular weight excluding hydrogens is 231 g/mol. The number of nitrogens with two attached hydrogens (primary N) is 1. The molecule has 1 aromatic carbocycles. The highest BCUT2D eigenvalue weighted by Gasteiger charge is 2.27. The van der Waals surface area contributed by atoms with E-state index >= 15 is 0 Å². The summed E-state index contributed by atoms with van der Waals surface area (Å²) in [6.07, 6.45) is -3.19. The standard InChI is InChI=1S/C12H16F3NO/c13-12(14,15)9-17-7-6-11(16)8-10-4-2-1-3-5-10/h1-5,11H,6-9,16H2.